The number of benzene rings is 2. The Morgan fingerprint density at radius 3 is 1.96 bits per heavy atom. The number of para-hydroxylation sites is 1. The van der Waals surface area contributed by atoms with Gasteiger partial charge in [-0.3, -0.25) is 9.59 Å². The first kappa shape index (κ1) is 16.5. The van der Waals surface area contributed by atoms with Gasteiger partial charge in [0, 0.05) is 0 Å². The molecule has 3 rings (SSSR count). The van der Waals surface area contributed by atoms with Gasteiger partial charge in [-0.25, -0.2) is 4.79 Å². The fourth-order valence-electron chi connectivity index (χ4n) is 2.23. The summed E-state index contributed by atoms with van der Waals surface area (Å²) in [5, 5.41) is 0.206. The van der Waals surface area contributed by atoms with Gasteiger partial charge in [-0.2, -0.15) is 0 Å². The minimum absolute atomic E-state index is 0.0279. The first-order valence-corrected chi connectivity index (χ1v) is 6.83. The number of alkyl halides is 3. The zero-order valence-corrected chi connectivity index (χ0v) is 12.2. The van der Waals surface area contributed by atoms with E-state index in [0.29, 0.717) is 0 Å². The van der Waals surface area contributed by atoms with Gasteiger partial charge in [-0.1, -0.05) is 29.3 Å². The Hall–Kier alpha value is -3.36. The molecule has 0 aliphatic carbocycles. The van der Waals surface area contributed by atoms with Crippen LogP contribution in [0.25, 0.3) is 0 Å². The van der Waals surface area contributed by atoms with Gasteiger partial charge in [0.15, 0.2) is 0 Å². The average molecular weight is 351 g/mol. The van der Waals surface area contributed by atoms with E-state index in [1.165, 1.54) is 36.4 Å². The van der Waals surface area contributed by atoms with Gasteiger partial charge in [0.05, 0.1) is 11.1 Å². The normalized spacial score (nSPS) is 13.6. The lowest BCUT2D eigenvalue weighted by atomic mass is 10.1. The summed E-state index contributed by atoms with van der Waals surface area (Å²) in [6.07, 6.45) is -5.02. The van der Waals surface area contributed by atoms with Crippen LogP contribution in [-0.4, -0.2) is 29.2 Å². The summed E-state index contributed by atoms with van der Waals surface area (Å²) in [4.78, 5) is 41.0. The van der Waals surface area contributed by atoms with Crippen LogP contribution in [0.5, 0.6) is 5.75 Å². The number of nitrogens with zero attached hydrogens (tertiary/aromatic N) is 1. The van der Waals surface area contributed by atoms with Crippen LogP contribution in [0, 0.1) is 0 Å². The van der Waals surface area contributed by atoms with Gasteiger partial charge in [-0.05, 0) is 24.3 Å². The highest BCUT2D eigenvalue weighted by molar-refractivity contribution is 6.21. The molecule has 9 heteroatoms. The highest BCUT2D eigenvalue weighted by Crippen LogP contribution is 2.28. The first-order chi connectivity index (χ1) is 11.8. The van der Waals surface area contributed by atoms with E-state index in [4.69, 9.17) is 4.84 Å². The quantitative estimate of drug-likeness (QED) is 0.795. The summed E-state index contributed by atoms with van der Waals surface area (Å²) in [5.41, 5.74) is -0.531. The molecular weight excluding hydrogens is 343 g/mol. The highest BCUT2D eigenvalue weighted by atomic mass is 19.4. The van der Waals surface area contributed by atoms with Gasteiger partial charge in [0.1, 0.15) is 11.3 Å². The number of hydrogen-bond acceptors (Lipinski definition) is 5. The number of imide groups is 1. The molecular formula is C16H8F3NO5. The Balaban J connectivity index is 1.85. The molecule has 6 nitrogen and oxygen atoms in total. The predicted octanol–water partition coefficient (Wildman–Crippen LogP) is 2.95. The summed E-state index contributed by atoms with van der Waals surface area (Å²) < 4.78 is 40.9. The van der Waals surface area contributed by atoms with E-state index in [2.05, 4.69) is 4.74 Å². The van der Waals surface area contributed by atoms with Gasteiger partial charge < -0.3 is 9.57 Å². The van der Waals surface area contributed by atoms with Crippen molar-refractivity contribution in [2.75, 3.05) is 0 Å². The summed E-state index contributed by atoms with van der Waals surface area (Å²) in [7, 11) is 0. The standard InChI is InChI=1S/C16H8F3NO5/c17-16(18,19)24-12-8-4-3-7-11(12)15(23)25-20-13(21)9-5-1-2-6-10(9)14(20)22/h1-8H. The summed E-state index contributed by atoms with van der Waals surface area (Å²) >= 11 is 0. The molecule has 0 radical (unpaired) electrons. The molecule has 0 unspecified atom stereocenters. The number of amides is 2. The van der Waals surface area contributed by atoms with Crippen molar-refractivity contribution in [3.05, 3.63) is 65.2 Å². The summed E-state index contributed by atoms with van der Waals surface area (Å²) in [5.74, 6) is -3.92. The molecule has 1 heterocycles. The van der Waals surface area contributed by atoms with Crippen LogP contribution in [0.1, 0.15) is 31.1 Å². The number of fused-ring (bicyclic) bond motifs is 1. The number of halogens is 3. The number of hydroxylamine groups is 2. The molecule has 2 amide bonds. The highest BCUT2D eigenvalue weighted by Gasteiger charge is 2.39. The Morgan fingerprint density at radius 1 is 0.880 bits per heavy atom. The van der Waals surface area contributed by atoms with Crippen LogP contribution in [0.3, 0.4) is 0 Å². The maximum atomic E-state index is 12.4. The SMILES string of the molecule is O=C(ON1C(=O)c2ccccc2C1=O)c1ccccc1OC(F)(F)F. The Kier molecular flexibility index (Phi) is 3.91. The zero-order chi connectivity index (χ0) is 18.2. The largest absolute Gasteiger partial charge is 0.573 e. The molecule has 0 spiro atoms. The molecule has 2 aromatic carbocycles. The molecule has 128 valence electrons. The van der Waals surface area contributed by atoms with Crippen molar-refractivity contribution >= 4 is 17.8 Å². The molecule has 0 saturated heterocycles. The van der Waals surface area contributed by atoms with E-state index in [1.54, 1.807) is 0 Å². The third kappa shape index (κ3) is 3.16. The van der Waals surface area contributed by atoms with Gasteiger partial charge in [0.2, 0.25) is 0 Å². The molecule has 1 aliphatic rings. The van der Waals surface area contributed by atoms with Crippen LogP contribution in [0.4, 0.5) is 13.2 Å². The number of carbonyl (C=O) groups excluding carboxylic acids is 3. The average Bonchev–Trinajstić information content (AvgIpc) is 2.79. The first-order valence-electron chi connectivity index (χ1n) is 6.83. The minimum atomic E-state index is -5.02. The van der Waals surface area contributed by atoms with Gasteiger partial charge in [0.25, 0.3) is 11.8 Å². The molecule has 25 heavy (non-hydrogen) atoms. The maximum Gasteiger partial charge on any atom is 0.573 e. The number of hydrogen-bond donors (Lipinski definition) is 0. The van der Waals surface area contributed by atoms with Crippen molar-refractivity contribution in [1.82, 2.24) is 5.06 Å². The number of carbonyl (C=O) groups is 3. The number of rotatable bonds is 3. The maximum absolute atomic E-state index is 12.4. The fourth-order valence-corrected chi connectivity index (χ4v) is 2.23. The third-order valence-electron chi connectivity index (χ3n) is 3.26. The molecule has 0 fully saturated rings. The van der Waals surface area contributed by atoms with Crippen molar-refractivity contribution in [3.63, 3.8) is 0 Å². The molecule has 2 aromatic rings. The van der Waals surface area contributed by atoms with E-state index < -0.39 is 35.5 Å². The third-order valence-corrected chi connectivity index (χ3v) is 3.26. The topological polar surface area (TPSA) is 72.9 Å². The van der Waals surface area contributed by atoms with Crippen LogP contribution in [-0.2, 0) is 4.84 Å². The molecule has 0 saturated carbocycles. The van der Waals surface area contributed by atoms with Gasteiger partial charge >= 0.3 is 12.3 Å². The van der Waals surface area contributed by atoms with E-state index >= 15 is 0 Å². The lowest BCUT2D eigenvalue weighted by molar-refractivity contribution is -0.274. The second kappa shape index (κ2) is 5.93. The molecule has 0 bridgehead atoms. The van der Waals surface area contributed by atoms with E-state index in [9.17, 15) is 27.6 Å². The van der Waals surface area contributed by atoms with E-state index in [0.717, 1.165) is 12.1 Å². The van der Waals surface area contributed by atoms with E-state index in [-0.39, 0.29) is 16.2 Å². The predicted molar refractivity (Wildman–Crippen MR) is 75.5 cm³/mol. The zero-order valence-electron chi connectivity index (χ0n) is 12.2. The van der Waals surface area contributed by atoms with Gasteiger partial charge in [-0.15, -0.1) is 13.2 Å². The summed E-state index contributed by atoms with van der Waals surface area (Å²) in [6, 6.07) is 10.2. The fraction of sp³-hybridized carbons (Fsp3) is 0.0625. The molecule has 1 aliphatic heterocycles. The van der Waals surface area contributed by atoms with Crippen molar-refractivity contribution in [2.24, 2.45) is 0 Å². The van der Waals surface area contributed by atoms with Crippen molar-refractivity contribution < 1.29 is 37.1 Å². The van der Waals surface area contributed by atoms with Crippen molar-refractivity contribution in [1.29, 1.82) is 0 Å². The van der Waals surface area contributed by atoms with Crippen LogP contribution in [0.2, 0.25) is 0 Å². The minimum Gasteiger partial charge on any atom is -0.405 e. The lowest BCUT2D eigenvalue weighted by Gasteiger charge is -2.15. The van der Waals surface area contributed by atoms with Crippen molar-refractivity contribution in [3.8, 4) is 5.75 Å². The smallest absolute Gasteiger partial charge is 0.405 e. The van der Waals surface area contributed by atoms with Crippen molar-refractivity contribution in [2.45, 2.75) is 6.36 Å². The van der Waals surface area contributed by atoms with Crippen LogP contribution >= 0.6 is 0 Å². The Morgan fingerprint density at radius 2 is 1.40 bits per heavy atom. The van der Waals surface area contributed by atoms with Crippen LogP contribution in [0.15, 0.2) is 48.5 Å². The van der Waals surface area contributed by atoms with Crippen LogP contribution < -0.4 is 4.74 Å². The molecule has 0 N–H and O–H groups in total. The second-order valence-corrected chi connectivity index (χ2v) is 4.87. The Labute approximate surface area is 138 Å². The molecule has 0 atom stereocenters. The molecule has 0 aromatic heterocycles. The Bertz CT molecular complexity index is 843. The second-order valence-electron chi connectivity index (χ2n) is 4.87. The summed E-state index contributed by atoms with van der Waals surface area (Å²) in [6.45, 7) is 0. The lowest BCUT2D eigenvalue weighted by Crippen LogP contribution is -2.33. The number of ether oxygens (including phenoxy) is 1. The monoisotopic (exact) mass is 351 g/mol. The van der Waals surface area contributed by atoms with E-state index in [1.807, 2.05) is 0 Å².